The summed E-state index contributed by atoms with van der Waals surface area (Å²) in [6, 6.07) is 7.99. The zero-order chi connectivity index (χ0) is 21.7. The number of hydrogen-bond acceptors (Lipinski definition) is 4. The molecule has 3 rings (SSSR count). The van der Waals surface area contributed by atoms with Gasteiger partial charge in [0, 0.05) is 37.9 Å². The number of rotatable bonds is 10. The number of carbonyl (C=O) groups excluding carboxylic acids is 1. The summed E-state index contributed by atoms with van der Waals surface area (Å²) >= 11 is 0. The molecule has 7 heteroatoms. The Kier molecular flexibility index (Phi) is 10.1. The predicted molar refractivity (Wildman–Crippen MR) is 124 cm³/mol. The lowest BCUT2D eigenvalue weighted by atomic mass is 9.88. The number of amides is 1. The summed E-state index contributed by atoms with van der Waals surface area (Å²) in [6.45, 7) is 6.48. The van der Waals surface area contributed by atoms with E-state index >= 15 is 0 Å². The molecule has 1 aromatic carbocycles. The number of ether oxygens (including phenoxy) is 2. The fraction of sp³-hybridized carbons (Fsp3) is 0.667. The summed E-state index contributed by atoms with van der Waals surface area (Å²) in [6.07, 6.45) is 7.76. The average Bonchev–Trinajstić information content (AvgIpc) is 3.31. The third kappa shape index (κ3) is 8.50. The maximum atomic E-state index is 12.5. The molecule has 1 amide bonds. The van der Waals surface area contributed by atoms with E-state index in [-0.39, 0.29) is 17.9 Å². The third-order valence-corrected chi connectivity index (χ3v) is 5.79. The number of aliphatic imine (C=N–C) groups is 1. The molecular weight excluding hydrogens is 392 g/mol. The van der Waals surface area contributed by atoms with Gasteiger partial charge in [-0.3, -0.25) is 4.79 Å². The Balaban J connectivity index is 1.43. The van der Waals surface area contributed by atoms with Crippen LogP contribution in [0.4, 0.5) is 5.69 Å². The molecule has 1 aromatic rings. The summed E-state index contributed by atoms with van der Waals surface area (Å²) in [5.74, 6) is 1.11. The van der Waals surface area contributed by atoms with Gasteiger partial charge in [-0.2, -0.15) is 0 Å². The number of anilines is 1. The van der Waals surface area contributed by atoms with E-state index in [1.807, 2.05) is 24.3 Å². The van der Waals surface area contributed by atoms with Gasteiger partial charge < -0.3 is 25.4 Å². The van der Waals surface area contributed by atoms with Crippen molar-refractivity contribution in [2.75, 3.05) is 38.2 Å². The highest BCUT2D eigenvalue weighted by Gasteiger charge is 2.21. The van der Waals surface area contributed by atoms with Crippen LogP contribution in [0, 0.1) is 5.92 Å². The molecule has 2 aliphatic rings. The van der Waals surface area contributed by atoms with Gasteiger partial charge >= 0.3 is 0 Å². The Morgan fingerprint density at radius 2 is 2.06 bits per heavy atom. The number of nitrogens with zero attached hydrogens (tertiary/aromatic N) is 1. The Morgan fingerprint density at radius 3 is 2.84 bits per heavy atom. The summed E-state index contributed by atoms with van der Waals surface area (Å²) in [4.78, 5) is 17.2. The highest BCUT2D eigenvalue weighted by atomic mass is 16.5. The molecule has 0 radical (unpaired) electrons. The van der Waals surface area contributed by atoms with Crippen LogP contribution in [0.15, 0.2) is 29.3 Å². The zero-order valence-corrected chi connectivity index (χ0v) is 18.8. The Labute approximate surface area is 186 Å². The van der Waals surface area contributed by atoms with Gasteiger partial charge in [0.2, 0.25) is 5.91 Å². The Bertz CT molecular complexity index is 698. The highest BCUT2D eigenvalue weighted by molar-refractivity contribution is 5.92. The topological polar surface area (TPSA) is 84.0 Å². The lowest BCUT2D eigenvalue weighted by molar-refractivity contribution is -0.120. The lowest BCUT2D eigenvalue weighted by Gasteiger charge is -2.20. The van der Waals surface area contributed by atoms with Crippen LogP contribution in [0.1, 0.15) is 57.4 Å². The Morgan fingerprint density at radius 1 is 1.19 bits per heavy atom. The standard InChI is InChI=1S/C24H38N4O3/c1-2-25-24(26-13-7-14-31-22-12-15-30-18-22)27-17-19-8-6-11-21(16-19)28-23(29)20-9-4-3-5-10-20/h6,8,11,16,20,22H,2-5,7,9-10,12-15,17-18H2,1H3,(H,28,29)(H2,25,26,27). The first-order valence-corrected chi connectivity index (χ1v) is 11.9. The molecule has 1 aliphatic heterocycles. The monoisotopic (exact) mass is 430 g/mol. The van der Waals surface area contributed by atoms with Crippen LogP contribution in [0.5, 0.6) is 0 Å². The van der Waals surface area contributed by atoms with Gasteiger partial charge in [0.05, 0.1) is 19.3 Å². The normalized spacial score (nSPS) is 19.9. The average molecular weight is 431 g/mol. The van der Waals surface area contributed by atoms with Gasteiger partial charge in [0.15, 0.2) is 5.96 Å². The predicted octanol–water partition coefficient (Wildman–Crippen LogP) is 3.46. The highest BCUT2D eigenvalue weighted by Crippen LogP contribution is 2.25. The van der Waals surface area contributed by atoms with E-state index in [2.05, 4.69) is 27.9 Å². The third-order valence-electron chi connectivity index (χ3n) is 5.79. The fourth-order valence-electron chi connectivity index (χ4n) is 4.04. The summed E-state index contributed by atoms with van der Waals surface area (Å²) in [7, 11) is 0. The first kappa shape index (κ1) is 23.5. The summed E-state index contributed by atoms with van der Waals surface area (Å²) in [5.41, 5.74) is 1.93. The molecule has 1 saturated heterocycles. The van der Waals surface area contributed by atoms with Crippen molar-refractivity contribution >= 4 is 17.6 Å². The molecule has 7 nitrogen and oxygen atoms in total. The quantitative estimate of drug-likeness (QED) is 0.301. The molecule has 1 atom stereocenters. The maximum absolute atomic E-state index is 12.5. The van der Waals surface area contributed by atoms with Crippen molar-refractivity contribution in [2.45, 2.75) is 64.5 Å². The molecule has 1 aliphatic carbocycles. The van der Waals surface area contributed by atoms with E-state index in [1.165, 1.54) is 6.42 Å². The van der Waals surface area contributed by atoms with Crippen LogP contribution in [0.2, 0.25) is 0 Å². The molecule has 31 heavy (non-hydrogen) atoms. The van der Waals surface area contributed by atoms with Crippen LogP contribution in [-0.4, -0.2) is 50.9 Å². The fourth-order valence-corrected chi connectivity index (χ4v) is 4.04. The van der Waals surface area contributed by atoms with Crippen molar-refractivity contribution in [1.82, 2.24) is 10.6 Å². The molecule has 1 saturated carbocycles. The van der Waals surface area contributed by atoms with Crippen LogP contribution in [-0.2, 0) is 20.8 Å². The van der Waals surface area contributed by atoms with Crippen molar-refractivity contribution in [1.29, 1.82) is 0 Å². The second kappa shape index (κ2) is 13.3. The van der Waals surface area contributed by atoms with Crippen LogP contribution in [0.25, 0.3) is 0 Å². The molecule has 172 valence electrons. The largest absolute Gasteiger partial charge is 0.379 e. The van der Waals surface area contributed by atoms with E-state index in [0.29, 0.717) is 6.54 Å². The molecule has 2 fully saturated rings. The van der Waals surface area contributed by atoms with Gasteiger partial charge in [0.1, 0.15) is 0 Å². The van der Waals surface area contributed by atoms with Gasteiger partial charge in [0.25, 0.3) is 0 Å². The molecule has 1 unspecified atom stereocenters. The molecule has 0 aromatic heterocycles. The number of benzene rings is 1. The smallest absolute Gasteiger partial charge is 0.227 e. The second-order valence-electron chi connectivity index (χ2n) is 8.36. The first-order valence-electron chi connectivity index (χ1n) is 11.9. The van der Waals surface area contributed by atoms with Crippen molar-refractivity contribution in [3.63, 3.8) is 0 Å². The van der Waals surface area contributed by atoms with Crippen molar-refractivity contribution < 1.29 is 14.3 Å². The minimum atomic E-state index is 0.154. The number of guanidine groups is 1. The van der Waals surface area contributed by atoms with E-state index in [0.717, 1.165) is 88.6 Å². The lowest BCUT2D eigenvalue weighted by Crippen LogP contribution is -2.38. The molecule has 3 N–H and O–H groups in total. The first-order chi connectivity index (χ1) is 15.2. The van der Waals surface area contributed by atoms with Crippen molar-refractivity contribution in [2.24, 2.45) is 10.9 Å². The zero-order valence-electron chi connectivity index (χ0n) is 18.8. The van der Waals surface area contributed by atoms with Gasteiger partial charge in [-0.15, -0.1) is 0 Å². The van der Waals surface area contributed by atoms with Gasteiger partial charge in [-0.25, -0.2) is 4.99 Å². The van der Waals surface area contributed by atoms with Gasteiger partial charge in [-0.1, -0.05) is 31.4 Å². The maximum Gasteiger partial charge on any atom is 0.227 e. The summed E-state index contributed by atoms with van der Waals surface area (Å²) < 4.78 is 11.1. The minimum Gasteiger partial charge on any atom is -0.379 e. The summed E-state index contributed by atoms with van der Waals surface area (Å²) in [5, 5.41) is 9.74. The second-order valence-corrected chi connectivity index (χ2v) is 8.36. The van der Waals surface area contributed by atoms with Crippen LogP contribution < -0.4 is 16.0 Å². The number of nitrogens with one attached hydrogen (secondary N) is 3. The van der Waals surface area contributed by atoms with Crippen LogP contribution >= 0.6 is 0 Å². The number of hydrogen-bond donors (Lipinski definition) is 3. The SMILES string of the molecule is CCNC(=NCc1cccc(NC(=O)C2CCCCC2)c1)NCCCOC1CCOC1. The molecule has 1 heterocycles. The van der Waals surface area contributed by atoms with Crippen molar-refractivity contribution in [3.05, 3.63) is 29.8 Å². The van der Waals surface area contributed by atoms with Crippen molar-refractivity contribution in [3.8, 4) is 0 Å². The Hall–Kier alpha value is -2.12. The van der Waals surface area contributed by atoms with Crippen LogP contribution in [0.3, 0.4) is 0 Å². The van der Waals surface area contributed by atoms with Gasteiger partial charge in [-0.05, 0) is 50.3 Å². The molecule has 0 spiro atoms. The van der Waals surface area contributed by atoms with E-state index in [9.17, 15) is 4.79 Å². The molecule has 0 bridgehead atoms. The molecular formula is C24H38N4O3. The van der Waals surface area contributed by atoms with E-state index < -0.39 is 0 Å². The van der Waals surface area contributed by atoms with E-state index in [4.69, 9.17) is 9.47 Å². The minimum absolute atomic E-state index is 0.154. The number of carbonyl (C=O) groups is 1. The van der Waals surface area contributed by atoms with E-state index in [1.54, 1.807) is 0 Å².